The molecule has 0 aliphatic heterocycles. The third-order valence-corrected chi connectivity index (χ3v) is 4.37. The molecule has 0 bridgehead atoms. The van der Waals surface area contributed by atoms with Crippen LogP contribution >= 0.6 is 0 Å². The molecule has 0 saturated heterocycles. The number of hydrogen-bond acceptors (Lipinski definition) is 7. The average Bonchev–Trinajstić information content (AvgIpc) is 2.84. The van der Waals surface area contributed by atoms with Crippen LogP contribution in [0, 0.1) is 10.1 Å². The van der Waals surface area contributed by atoms with E-state index in [0.717, 1.165) is 6.42 Å². The van der Waals surface area contributed by atoms with Crippen LogP contribution in [0.2, 0.25) is 0 Å². The fraction of sp³-hybridized carbons (Fsp3) is 0.125. The van der Waals surface area contributed by atoms with E-state index in [4.69, 9.17) is 9.47 Å². The first-order valence-electron chi connectivity index (χ1n) is 10.1. The van der Waals surface area contributed by atoms with Gasteiger partial charge in [0.05, 0.1) is 23.3 Å². The van der Waals surface area contributed by atoms with E-state index in [1.54, 1.807) is 48.5 Å². The van der Waals surface area contributed by atoms with Crippen LogP contribution in [0.1, 0.15) is 39.6 Å². The molecule has 0 aliphatic carbocycles. The number of ether oxygens (including phenoxy) is 2. The molecular weight excluding hydrogens is 426 g/mol. The van der Waals surface area contributed by atoms with Gasteiger partial charge in [0, 0.05) is 17.7 Å². The second-order valence-corrected chi connectivity index (χ2v) is 6.83. The summed E-state index contributed by atoms with van der Waals surface area (Å²) in [6.45, 7) is 2.63. The van der Waals surface area contributed by atoms with Gasteiger partial charge in [-0.25, -0.2) is 10.2 Å². The first-order chi connectivity index (χ1) is 16.0. The molecular formula is C24H21N3O6. The fourth-order valence-corrected chi connectivity index (χ4v) is 2.66. The molecule has 3 rings (SSSR count). The minimum absolute atomic E-state index is 0.103. The predicted molar refractivity (Wildman–Crippen MR) is 122 cm³/mol. The van der Waals surface area contributed by atoms with E-state index in [-0.39, 0.29) is 11.3 Å². The van der Waals surface area contributed by atoms with Gasteiger partial charge >= 0.3 is 5.97 Å². The molecule has 0 aromatic heterocycles. The number of non-ortho nitro benzene ring substituents is 1. The lowest BCUT2D eigenvalue weighted by atomic mass is 10.2. The first kappa shape index (κ1) is 23.1. The summed E-state index contributed by atoms with van der Waals surface area (Å²) >= 11 is 0. The smallest absolute Gasteiger partial charge is 0.343 e. The van der Waals surface area contributed by atoms with Crippen LogP contribution in [0.3, 0.4) is 0 Å². The largest absolute Gasteiger partial charge is 0.494 e. The zero-order valence-corrected chi connectivity index (χ0v) is 17.8. The van der Waals surface area contributed by atoms with Crippen molar-refractivity contribution < 1.29 is 24.0 Å². The molecule has 0 spiro atoms. The summed E-state index contributed by atoms with van der Waals surface area (Å²) in [7, 11) is 0. The van der Waals surface area contributed by atoms with Crippen LogP contribution in [-0.2, 0) is 0 Å². The van der Waals surface area contributed by atoms with Crippen molar-refractivity contribution >= 4 is 23.8 Å². The monoisotopic (exact) mass is 447 g/mol. The lowest BCUT2D eigenvalue weighted by molar-refractivity contribution is -0.384. The number of nitrogens with zero attached hydrogens (tertiary/aromatic N) is 2. The van der Waals surface area contributed by atoms with Gasteiger partial charge in [-0.15, -0.1) is 0 Å². The number of esters is 1. The molecule has 33 heavy (non-hydrogen) atoms. The van der Waals surface area contributed by atoms with Crippen LogP contribution in [0.4, 0.5) is 5.69 Å². The number of hydrogen-bond donors (Lipinski definition) is 1. The Balaban J connectivity index is 1.52. The molecule has 0 aliphatic rings. The van der Waals surface area contributed by atoms with Gasteiger partial charge in [-0.1, -0.05) is 6.92 Å². The molecule has 9 nitrogen and oxygen atoms in total. The van der Waals surface area contributed by atoms with Gasteiger partial charge in [-0.3, -0.25) is 14.9 Å². The minimum atomic E-state index is -0.542. The van der Waals surface area contributed by atoms with Crippen molar-refractivity contribution in [1.82, 2.24) is 5.43 Å². The van der Waals surface area contributed by atoms with Crippen LogP contribution in [0.15, 0.2) is 77.9 Å². The molecule has 1 amide bonds. The molecule has 0 fully saturated rings. The van der Waals surface area contributed by atoms with Crippen LogP contribution < -0.4 is 14.9 Å². The molecule has 1 N–H and O–H groups in total. The number of benzene rings is 3. The summed E-state index contributed by atoms with van der Waals surface area (Å²) in [5, 5.41) is 14.5. The summed E-state index contributed by atoms with van der Waals surface area (Å²) in [4.78, 5) is 34.4. The van der Waals surface area contributed by atoms with Crippen LogP contribution in [0.25, 0.3) is 0 Å². The number of amides is 1. The van der Waals surface area contributed by atoms with E-state index < -0.39 is 16.8 Å². The Morgan fingerprint density at radius 1 is 0.939 bits per heavy atom. The van der Waals surface area contributed by atoms with E-state index in [1.807, 2.05) is 6.92 Å². The number of carbonyl (C=O) groups excluding carboxylic acids is 2. The molecule has 0 radical (unpaired) electrons. The standard InChI is InChI=1S/C24H21N3O6/c1-2-15-32-21-13-7-19(8-14-21)24(29)33-22-11-3-17(4-12-22)16-25-26-23(28)18-5-9-20(10-6-18)27(30)31/h3-14,16H,2,15H2,1H3,(H,26,28)/b25-16-. The third kappa shape index (κ3) is 6.73. The van der Waals surface area contributed by atoms with Crippen LogP contribution in [-0.4, -0.2) is 29.6 Å². The minimum Gasteiger partial charge on any atom is -0.494 e. The zero-order valence-electron chi connectivity index (χ0n) is 17.8. The molecule has 0 heterocycles. The molecule has 9 heteroatoms. The van der Waals surface area contributed by atoms with Gasteiger partial charge in [0.1, 0.15) is 11.5 Å². The highest BCUT2D eigenvalue weighted by molar-refractivity contribution is 5.95. The fourth-order valence-electron chi connectivity index (χ4n) is 2.66. The molecule has 3 aromatic rings. The highest BCUT2D eigenvalue weighted by Gasteiger charge is 2.10. The summed E-state index contributed by atoms with van der Waals surface area (Å²) in [6.07, 6.45) is 2.32. The number of carbonyl (C=O) groups is 2. The Morgan fingerprint density at radius 3 is 2.15 bits per heavy atom. The van der Waals surface area contributed by atoms with Crippen molar-refractivity contribution in [3.05, 3.63) is 99.6 Å². The Bertz CT molecular complexity index is 1140. The zero-order chi connectivity index (χ0) is 23.6. The first-order valence-corrected chi connectivity index (χ1v) is 10.1. The Labute approximate surface area is 189 Å². The Kier molecular flexibility index (Phi) is 7.85. The van der Waals surface area contributed by atoms with Crippen LogP contribution in [0.5, 0.6) is 11.5 Å². The maximum Gasteiger partial charge on any atom is 0.343 e. The molecule has 0 unspecified atom stereocenters. The van der Waals surface area contributed by atoms with E-state index in [1.165, 1.54) is 30.5 Å². The second-order valence-electron chi connectivity index (χ2n) is 6.83. The van der Waals surface area contributed by atoms with Gasteiger partial charge in [0.2, 0.25) is 0 Å². The molecule has 0 atom stereocenters. The van der Waals surface area contributed by atoms with Gasteiger partial charge in [0.15, 0.2) is 0 Å². The lowest BCUT2D eigenvalue weighted by Crippen LogP contribution is -2.17. The average molecular weight is 447 g/mol. The maximum atomic E-state index is 12.3. The normalized spacial score (nSPS) is 10.6. The van der Waals surface area contributed by atoms with E-state index >= 15 is 0 Å². The van der Waals surface area contributed by atoms with Gasteiger partial charge < -0.3 is 9.47 Å². The third-order valence-electron chi connectivity index (χ3n) is 4.37. The number of nitro benzene ring substituents is 1. The highest BCUT2D eigenvalue weighted by Crippen LogP contribution is 2.17. The molecule has 168 valence electrons. The summed E-state index contributed by atoms with van der Waals surface area (Å²) < 4.78 is 10.9. The number of hydrazone groups is 1. The van der Waals surface area contributed by atoms with Gasteiger partial charge in [-0.05, 0) is 72.6 Å². The quantitative estimate of drug-likeness (QED) is 0.171. The topological polar surface area (TPSA) is 120 Å². The second kappa shape index (κ2) is 11.2. The van der Waals surface area contributed by atoms with Crippen molar-refractivity contribution in [2.45, 2.75) is 13.3 Å². The summed E-state index contributed by atoms with van der Waals surface area (Å²) in [6, 6.07) is 18.5. The van der Waals surface area contributed by atoms with Gasteiger partial charge in [-0.2, -0.15) is 5.10 Å². The molecule has 3 aromatic carbocycles. The highest BCUT2D eigenvalue weighted by atomic mass is 16.6. The van der Waals surface area contributed by atoms with E-state index in [9.17, 15) is 19.7 Å². The SMILES string of the molecule is CCCOc1ccc(C(=O)Oc2ccc(/C=N\NC(=O)c3ccc([N+](=O)[O-])cc3)cc2)cc1. The van der Waals surface area contributed by atoms with E-state index in [2.05, 4.69) is 10.5 Å². The van der Waals surface area contributed by atoms with Crippen molar-refractivity contribution in [1.29, 1.82) is 0 Å². The van der Waals surface area contributed by atoms with Crippen molar-refractivity contribution in [3.63, 3.8) is 0 Å². The van der Waals surface area contributed by atoms with Gasteiger partial charge in [0.25, 0.3) is 11.6 Å². The number of nitrogens with one attached hydrogen (secondary N) is 1. The molecule has 0 saturated carbocycles. The van der Waals surface area contributed by atoms with Crippen molar-refractivity contribution in [2.75, 3.05) is 6.61 Å². The summed E-state index contributed by atoms with van der Waals surface area (Å²) in [5.74, 6) is 0.0581. The summed E-state index contributed by atoms with van der Waals surface area (Å²) in [5.41, 5.74) is 3.55. The Morgan fingerprint density at radius 2 is 1.55 bits per heavy atom. The van der Waals surface area contributed by atoms with Crippen molar-refractivity contribution in [2.24, 2.45) is 5.10 Å². The lowest BCUT2D eigenvalue weighted by Gasteiger charge is -2.07. The predicted octanol–water partition coefficient (Wildman–Crippen LogP) is 4.37. The number of nitro groups is 1. The maximum absolute atomic E-state index is 12.3. The number of rotatable bonds is 9. The van der Waals surface area contributed by atoms with E-state index in [0.29, 0.717) is 29.2 Å². The van der Waals surface area contributed by atoms with Crippen molar-refractivity contribution in [3.8, 4) is 11.5 Å². The Hall–Kier alpha value is -4.53.